The summed E-state index contributed by atoms with van der Waals surface area (Å²) in [5.74, 6) is 2.64. The number of aromatic nitrogens is 2. The summed E-state index contributed by atoms with van der Waals surface area (Å²) in [6.45, 7) is 7.74. The van der Waals surface area contributed by atoms with Crippen molar-refractivity contribution in [1.82, 2.24) is 14.9 Å². The van der Waals surface area contributed by atoms with Gasteiger partial charge < -0.3 is 24.1 Å². The van der Waals surface area contributed by atoms with E-state index in [1.165, 1.54) is 11.3 Å². The van der Waals surface area contributed by atoms with Crippen LogP contribution in [0.15, 0.2) is 60.0 Å². The van der Waals surface area contributed by atoms with E-state index in [1.54, 1.807) is 14.2 Å². The molecule has 7 nitrogen and oxygen atoms in total. The van der Waals surface area contributed by atoms with Crippen molar-refractivity contribution < 1.29 is 19.0 Å². The Morgan fingerprint density at radius 3 is 2.24 bits per heavy atom. The molecule has 0 fully saturated rings. The fourth-order valence-corrected chi connectivity index (χ4v) is 4.61. The molecule has 0 spiro atoms. The van der Waals surface area contributed by atoms with E-state index in [4.69, 9.17) is 19.2 Å². The lowest BCUT2D eigenvalue weighted by molar-refractivity contribution is 0.0948. The maximum atomic E-state index is 13.0. The van der Waals surface area contributed by atoms with Gasteiger partial charge in [0.25, 0.3) is 5.91 Å². The van der Waals surface area contributed by atoms with E-state index in [1.807, 2.05) is 66.9 Å². The zero-order valence-corrected chi connectivity index (χ0v) is 22.7. The molecule has 0 aliphatic heterocycles. The van der Waals surface area contributed by atoms with Gasteiger partial charge in [-0.05, 0) is 60.9 Å². The van der Waals surface area contributed by atoms with Crippen LogP contribution in [0, 0.1) is 12.8 Å². The highest BCUT2D eigenvalue weighted by atomic mass is 32.1. The minimum absolute atomic E-state index is 0.0702. The number of ether oxygens (including phenoxy) is 3. The first-order chi connectivity index (χ1) is 17.9. The molecule has 2 heterocycles. The van der Waals surface area contributed by atoms with Gasteiger partial charge in [-0.2, -0.15) is 0 Å². The van der Waals surface area contributed by atoms with E-state index >= 15 is 0 Å². The van der Waals surface area contributed by atoms with Gasteiger partial charge >= 0.3 is 0 Å². The smallest absolute Gasteiger partial charge is 0.253 e. The molecule has 2 aromatic carbocycles. The largest absolute Gasteiger partial charge is 0.497 e. The first-order valence-electron chi connectivity index (χ1n) is 12.2. The lowest BCUT2D eigenvalue weighted by atomic mass is 10.2. The summed E-state index contributed by atoms with van der Waals surface area (Å²) >= 11 is 1.54. The SMILES string of the molecule is COc1ccc(Cn2c(-c3csc(COc4ccc(OC)cc4)n3)cc(C(=O)NCC(C)C)c2C)cc1. The Morgan fingerprint density at radius 2 is 1.62 bits per heavy atom. The number of carbonyl (C=O) groups excluding carboxylic acids is 1. The van der Waals surface area contributed by atoms with Crippen molar-refractivity contribution in [1.29, 1.82) is 0 Å². The molecule has 4 rings (SSSR count). The van der Waals surface area contributed by atoms with Gasteiger partial charge in [-0.3, -0.25) is 4.79 Å². The minimum atomic E-state index is -0.0702. The predicted octanol–water partition coefficient (Wildman–Crippen LogP) is 5.95. The zero-order valence-electron chi connectivity index (χ0n) is 21.9. The summed E-state index contributed by atoms with van der Waals surface area (Å²) in [7, 11) is 3.29. The van der Waals surface area contributed by atoms with E-state index in [2.05, 4.69) is 23.7 Å². The summed E-state index contributed by atoms with van der Waals surface area (Å²) in [6.07, 6.45) is 0. The van der Waals surface area contributed by atoms with Crippen LogP contribution in [0.25, 0.3) is 11.4 Å². The Morgan fingerprint density at radius 1 is 1.00 bits per heavy atom. The van der Waals surface area contributed by atoms with Crippen LogP contribution in [-0.2, 0) is 13.2 Å². The number of nitrogens with zero attached hydrogens (tertiary/aromatic N) is 2. The van der Waals surface area contributed by atoms with Gasteiger partial charge in [0, 0.05) is 24.2 Å². The summed E-state index contributed by atoms with van der Waals surface area (Å²) in [6, 6.07) is 17.4. The molecule has 37 heavy (non-hydrogen) atoms. The van der Waals surface area contributed by atoms with Crippen molar-refractivity contribution >= 4 is 17.2 Å². The fourth-order valence-electron chi connectivity index (χ4n) is 3.91. The van der Waals surface area contributed by atoms with Crippen LogP contribution < -0.4 is 19.5 Å². The van der Waals surface area contributed by atoms with Crippen LogP contribution in [0.2, 0.25) is 0 Å². The number of hydrogen-bond acceptors (Lipinski definition) is 6. The number of amides is 1. The van der Waals surface area contributed by atoms with Gasteiger partial charge in [0.05, 0.1) is 31.2 Å². The molecule has 1 amide bonds. The molecule has 0 aliphatic carbocycles. The molecule has 1 N–H and O–H groups in total. The van der Waals surface area contributed by atoms with E-state index in [0.29, 0.717) is 31.2 Å². The third-order valence-corrected chi connectivity index (χ3v) is 6.84. The van der Waals surface area contributed by atoms with E-state index in [9.17, 15) is 4.79 Å². The fraction of sp³-hybridized carbons (Fsp3) is 0.310. The monoisotopic (exact) mass is 519 g/mol. The van der Waals surface area contributed by atoms with Gasteiger partial charge in [0.15, 0.2) is 0 Å². The Labute approximate surface area is 222 Å². The second-order valence-electron chi connectivity index (χ2n) is 9.16. The second-order valence-corrected chi connectivity index (χ2v) is 10.1. The number of carbonyl (C=O) groups is 1. The van der Waals surface area contributed by atoms with Crippen molar-refractivity contribution in [2.24, 2.45) is 5.92 Å². The third-order valence-electron chi connectivity index (χ3n) is 6.02. The Kier molecular flexibility index (Phi) is 8.50. The van der Waals surface area contributed by atoms with Crippen molar-refractivity contribution in [2.45, 2.75) is 33.9 Å². The molecule has 0 saturated heterocycles. The quantitative estimate of drug-likeness (QED) is 0.265. The molecule has 0 unspecified atom stereocenters. The van der Waals surface area contributed by atoms with Gasteiger partial charge in [-0.15, -0.1) is 11.3 Å². The molecule has 0 saturated carbocycles. The molecule has 2 aromatic heterocycles. The normalized spacial score (nSPS) is 11.0. The van der Waals surface area contributed by atoms with Crippen molar-refractivity contribution in [3.63, 3.8) is 0 Å². The molecular formula is C29H33N3O4S. The van der Waals surface area contributed by atoms with Crippen LogP contribution in [0.5, 0.6) is 17.2 Å². The van der Waals surface area contributed by atoms with Gasteiger partial charge in [0.1, 0.15) is 28.9 Å². The van der Waals surface area contributed by atoms with Gasteiger partial charge in [0.2, 0.25) is 0 Å². The van der Waals surface area contributed by atoms with Crippen LogP contribution in [-0.4, -0.2) is 36.2 Å². The summed E-state index contributed by atoms with van der Waals surface area (Å²) < 4.78 is 18.6. The van der Waals surface area contributed by atoms with Crippen molar-refractivity contribution in [2.75, 3.05) is 20.8 Å². The number of nitrogens with one attached hydrogen (secondary N) is 1. The van der Waals surface area contributed by atoms with Crippen LogP contribution in [0.3, 0.4) is 0 Å². The number of rotatable bonds is 11. The standard InChI is InChI=1S/C29H33N3O4S/c1-19(2)15-30-29(33)25-14-27(32(20(25)3)16-21-6-8-22(34-4)9-7-21)26-18-37-28(31-26)17-36-24-12-10-23(35-5)11-13-24/h6-14,18-19H,15-17H2,1-5H3,(H,30,33). The number of methoxy groups -OCH3 is 2. The average Bonchev–Trinajstić information content (AvgIpc) is 3.51. The minimum Gasteiger partial charge on any atom is -0.497 e. The Balaban J connectivity index is 1.60. The first kappa shape index (κ1) is 26.3. The Bertz CT molecular complexity index is 1320. The lowest BCUT2D eigenvalue weighted by Crippen LogP contribution is -2.27. The zero-order chi connectivity index (χ0) is 26.4. The molecule has 194 valence electrons. The predicted molar refractivity (Wildman–Crippen MR) is 147 cm³/mol. The van der Waals surface area contributed by atoms with E-state index < -0.39 is 0 Å². The molecular weight excluding hydrogens is 486 g/mol. The van der Waals surface area contributed by atoms with Gasteiger partial charge in [-0.25, -0.2) is 4.98 Å². The highest BCUT2D eigenvalue weighted by Gasteiger charge is 2.20. The topological polar surface area (TPSA) is 74.6 Å². The molecule has 0 bridgehead atoms. The van der Waals surface area contributed by atoms with Crippen LogP contribution in [0.4, 0.5) is 0 Å². The number of benzene rings is 2. The molecule has 4 aromatic rings. The van der Waals surface area contributed by atoms with E-state index in [0.717, 1.165) is 44.9 Å². The van der Waals surface area contributed by atoms with Crippen molar-refractivity contribution in [3.8, 4) is 28.6 Å². The number of thiazole rings is 1. The maximum Gasteiger partial charge on any atom is 0.253 e. The highest BCUT2D eigenvalue weighted by Crippen LogP contribution is 2.29. The van der Waals surface area contributed by atoms with Crippen LogP contribution in [0.1, 0.15) is 40.5 Å². The summed E-state index contributed by atoms with van der Waals surface area (Å²) in [4.78, 5) is 17.9. The molecule has 0 atom stereocenters. The highest BCUT2D eigenvalue weighted by molar-refractivity contribution is 7.09. The van der Waals surface area contributed by atoms with E-state index in [-0.39, 0.29) is 5.91 Å². The summed E-state index contributed by atoms with van der Waals surface area (Å²) in [5, 5.41) is 5.92. The van der Waals surface area contributed by atoms with Crippen molar-refractivity contribution in [3.05, 3.63) is 81.8 Å². The third kappa shape index (κ3) is 6.51. The number of hydrogen-bond donors (Lipinski definition) is 1. The molecule has 0 aliphatic rings. The second kappa shape index (κ2) is 12.0. The maximum absolute atomic E-state index is 13.0. The van der Waals surface area contributed by atoms with Gasteiger partial charge in [-0.1, -0.05) is 26.0 Å². The van der Waals surface area contributed by atoms with Crippen LogP contribution >= 0.6 is 11.3 Å². The average molecular weight is 520 g/mol. The molecule has 8 heteroatoms. The summed E-state index contributed by atoms with van der Waals surface area (Å²) in [5.41, 5.74) is 4.38. The molecule has 0 radical (unpaired) electrons. The Hall–Kier alpha value is -3.78. The first-order valence-corrected chi connectivity index (χ1v) is 13.1. The lowest BCUT2D eigenvalue weighted by Gasteiger charge is -2.12.